The zero-order chi connectivity index (χ0) is 14.8. The van der Waals surface area contributed by atoms with E-state index >= 15 is 0 Å². The first-order valence-electron chi connectivity index (χ1n) is 7.17. The highest BCUT2D eigenvalue weighted by molar-refractivity contribution is 9.10. The Bertz CT molecular complexity index is 714. The van der Waals surface area contributed by atoms with E-state index in [2.05, 4.69) is 75.2 Å². The van der Waals surface area contributed by atoms with Gasteiger partial charge in [0.1, 0.15) is 0 Å². The van der Waals surface area contributed by atoms with E-state index in [1.165, 1.54) is 20.7 Å². The fourth-order valence-corrected chi connectivity index (χ4v) is 4.26. The van der Waals surface area contributed by atoms with E-state index in [-0.39, 0.29) is 6.04 Å². The molecule has 1 atom stereocenters. The number of nitrogens with zero attached hydrogens (tertiary/aromatic N) is 2. The van der Waals surface area contributed by atoms with Crippen molar-refractivity contribution in [3.63, 3.8) is 0 Å². The van der Waals surface area contributed by atoms with Crippen LogP contribution in [-0.4, -0.2) is 16.3 Å². The molecule has 110 valence electrons. The number of hydrogen-bond donors (Lipinski definition) is 1. The van der Waals surface area contributed by atoms with Crippen molar-refractivity contribution < 1.29 is 0 Å². The van der Waals surface area contributed by atoms with Crippen LogP contribution >= 0.6 is 27.3 Å². The van der Waals surface area contributed by atoms with E-state index in [9.17, 15) is 0 Å². The summed E-state index contributed by atoms with van der Waals surface area (Å²) < 4.78 is 4.45. The lowest BCUT2D eigenvalue weighted by Gasteiger charge is -2.18. The first-order chi connectivity index (χ1) is 10.2. The predicted octanol–water partition coefficient (Wildman–Crippen LogP) is 4.58. The summed E-state index contributed by atoms with van der Waals surface area (Å²) in [5, 5.41) is 9.35. The molecule has 3 rings (SSSR count). The maximum Gasteiger partial charge on any atom is 0.0853 e. The number of aromatic nitrogens is 2. The minimum absolute atomic E-state index is 0.171. The average Bonchev–Trinajstić information content (AvgIpc) is 3.08. The van der Waals surface area contributed by atoms with Crippen LogP contribution in [0.2, 0.25) is 0 Å². The van der Waals surface area contributed by atoms with Crippen molar-refractivity contribution in [2.45, 2.75) is 26.4 Å². The Morgan fingerprint density at radius 2 is 2.14 bits per heavy atom. The van der Waals surface area contributed by atoms with Crippen molar-refractivity contribution in [3.8, 4) is 0 Å². The number of benzene rings is 1. The first-order valence-corrected chi connectivity index (χ1v) is 8.78. The third-order valence-corrected chi connectivity index (χ3v) is 5.34. The minimum atomic E-state index is 0.171. The smallest absolute Gasteiger partial charge is 0.0853 e. The van der Waals surface area contributed by atoms with Crippen LogP contribution < -0.4 is 5.32 Å². The van der Waals surface area contributed by atoms with E-state index in [0.717, 1.165) is 17.6 Å². The average molecular weight is 364 g/mol. The number of nitrogens with one attached hydrogen (secondary N) is 1. The second-order valence-corrected chi connectivity index (χ2v) is 6.84. The van der Waals surface area contributed by atoms with Crippen molar-refractivity contribution in [3.05, 3.63) is 51.6 Å². The van der Waals surface area contributed by atoms with E-state index in [4.69, 9.17) is 0 Å². The van der Waals surface area contributed by atoms with Gasteiger partial charge in [0, 0.05) is 16.1 Å². The summed E-state index contributed by atoms with van der Waals surface area (Å²) >= 11 is 5.50. The van der Waals surface area contributed by atoms with Crippen LogP contribution in [-0.2, 0) is 6.54 Å². The number of rotatable bonds is 5. The zero-order valence-electron chi connectivity index (χ0n) is 12.1. The van der Waals surface area contributed by atoms with Crippen molar-refractivity contribution in [2.75, 3.05) is 6.54 Å². The Hall–Kier alpha value is -1.17. The third kappa shape index (κ3) is 2.78. The molecule has 0 saturated heterocycles. The number of halogens is 1. The van der Waals surface area contributed by atoms with Gasteiger partial charge in [0.25, 0.3) is 0 Å². The molecule has 0 aliphatic carbocycles. The Balaban J connectivity index is 2.10. The molecule has 5 heteroatoms. The summed E-state index contributed by atoms with van der Waals surface area (Å²) in [4.78, 5) is 1.33. The Kier molecular flexibility index (Phi) is 4.42. The fraction of sp³-hybridized carbons (Fsp3) is 0.312. The van der Waals surface area contributed by atoms with Crippen LogP contribution in [0.15, 0.2) is 41.0 Å². The van der Waals surface area contributed by atoms with E-state index in [1.54, 1.807) is 0 Å². The third-order valence-electron chi connectivity index (χ3n) is 3.54. The van der Waals surface area contributed by atoms with Gasteiger partial charge < -0.3 is 5.32 Å². The molecule has 0 radical (unpaired) electrons. The summed E-state index contributed by atoms with van der Waals surface area (Å²) in [6, 6.07) is 11.0. The highest BCUT2D eigenvalue weighted by Crippen LogP contribution is 2.35. The summed E-state index contributed by atoms with van der Waals surface area (Å²) in [7, 11) is 0. The molecule has 1 aromatic carbocycles. The molecule has 3 nitrogen and oxygen atoms in total. The van der Waals surface area contributed by atoms with Crippen LogP contribution in [0.3, 0.4) is 0 Å². The van der Waals surface area contributed by atoms with Gasteiger partial charge in [0.2, 0.25) is 0 Å². The number of thiophene rings is 1. The SMILES string of the molecule is CCNC(c1cc2ccccc2s1)c1c(Br)cnn1CC. The molecular formula is C16H18BrN3S. The van der Waals surface area contributed by atoms with Gasteiger partial charge >= 0.3 is 0 Å². The zero-order valence-corrected chi connectivity index (χ0v) is 14.5. The summed E-state index contributed by atoms with van der Waals surface area (Å²) in [6.07, 6.45) is 1.89. The summed E-state index contributed by atoms with van der Waals surface area (Å²) in [5.41, 5.74) is 1.20. The Morgan fingerprint density at radius 1 is 1.33 bits per heavy atom. The molecule has 2 heterocycles. The van der Waals surface area contributed by atoms with E-state index in [0.29, 0.717) is 0 Å². The molecule has 0 aliphatic heterocycles. The lowest BCUT2D eigenvalue weighted by molar-refractivity contribution is 0.546. The Labute approximate surface area is 137 Å². The lowest BCUT2D eigenvalue weighted by Crippen LogP contribution is -2.24. The van der Waals surface area contributed by atoms with Gasteiger partial charge in [-0.2, -0.15) is 5.10 Å². The van der Waals surface area contributed by atoms with Gasteiger partial charge in [-0.05, 0) is 46.9 Å². The van der Waals surface area contributed by atoms with Crippen LogP contribution in [0.1, 0.15) is 30.5 Å². The molecular weight excluding hydrogens is 346 g/mol. The van der Waals surface area contributed by atoms with Gasteiger partial charge in [0.15, 0.2) is 0 Å². The molecule has 0 spiro atoms. The molecule has 0 bridgehead atoms. The number of hydrogen-bond acceptors (Lipinski definition) is 3. The molecule has 1 unspecified atom stereocenters. The fourth-order valence-electron chi connectivity index (χ4n) is 2.59. The van der Waals surface area contributed by atoms with Gasteiger partial charge in [0.05, 0.1) is 22.4 Å². The molecule has 0 saturated carbocycles. The molecule has 1 N–H and O–H groups in total. The highest BCUT2D eigenvalue weighted by Gasteiger charge is 2.22. The summed E-state index contributed by atoms with van der Waals surface area (Å²) in [6.45, 7) is 6.05. The second-order valence-electron chi connectivity index (χ2n) is 4.87. The maximum atomic E-state index is 4.45. The van der Waals surface area contributed by atoms with Crippen molar-refractivity contribution in [1.82, 2.24) is 15.1 Å². The van der Waals surface area contributed by atoms with Gasteiger partial charge in [-0.25, -0.2) is 0 Å². The quantitative estimate of drug-likeness (QED) is 0.718. The van der Waals surface area contributed by atoms with Gasteiger partial charge in [-0.3, -0.25) is 4.68 Å². The van der Waals surface area contributed by atoms with Crippen LogP contribution in [0.25, 0.3) is 10.1 Å². The Morgan fingerprint density at radius 3 is 2.86 bits per heavy atom. The van der Waals surface area contributed by atoms with Crippen molar-refractivity contribution >= 4 is 37.4 Å². The van der Waals surface area contributed by atoms with Crippen LogP contribution in [0.5, 0.6) is 0 Å². The molecule has 21 heavy (non-hydrogen) atoms. The molecule has 2 aromatic heterocycles. The second kappa shape index (κ2) is 6.30. The first kappa shape index (κ1) is 14.8. The monoisotopic (exact) mass is 363 g/mol. The maximum absolute atomic E-state index is 4.45. The summed E-state index contributed by atoms with van der Waals surface area (Å²) in [5.74, 6) is 0. The number of fused-ring (bicyclic) bond motifs is 1. The van der Waals surface area contributed by atoms with Crippen LogP contribution in [0.4, 0.5) is 0 Å². The van der Waals surface area contributed by atoms with Gasteiger partial charge in [-0.15, -0.1) is 11.3 Å². The topological polar surface area (TPSA) is 29.9 Å². The van der Waals surface area contributed by atoms with E-state index < -0.39 is 0 Å². The standard InChI is InChI=1S/C16H18BrN3S/c1-3-18-15(16-12(17)10-19-20(16)4-2)14-9-11-7-5-6-8-13(11)21-14/h5-10,15,18H,3-4H2,1-2H3. The predicted molar refractivity (Wildman–Crippen MR) is 92.9 cm³/mol. The molecule has 0 amide bonds. The van der Waals surface area contributed by atoms with Crippen molar-refractivity contribution in [2.24, 2.45) is 0 Å². The normalized spacial score (nSPS) is 12.9. The molecule has 3 aromatic rings. The van der Waals surface area contributed by atoms with E-state index in [1.807, 2.05) is 17.5 Å². The van der Waals surface area contributed by atoms with Crippen molar-refractivity contribution in [1.29, 1.82) is 0 Å². The minimum Gasteiger partial charge on any atom is -0.305 e. The highest BCUT2D eigenvalue weighted by atomic mass is 79.9. The molecule has 0 aliphatic rings. The van der Waals surface area contributed by atoms with Crippen LogP contribution in [0, 0.1) is 0 Å². The largest absolute Gasteiger partial charge is 0.305 e. The lowest BCUT2D eigenvalue weighted by atomic mass is 10.1. The molecule has 0 fully saturated rings. The van der Waals surface area contributed by atoms with Gasteiger partial charge in [-0.1, -0.05) is 25.1 Å². The number of aryl methyl sites for hydroxylation is 1.